The maximum absolute atomic E-state index is 12.7. The van der Waals surface area contributed by atoms with Crippen molar-refractivity contribution >= 4 is 5.69 Å². The number of nitrogens with one attached hydrogen (secondary N) is 1. The van der Waals surface area contributed by atoms with Crippen molar-refractivity contribution in [3.8, 4) is 6.07 Å². The average molecular weight is 284 g/mol. The van der Waals surface area contributed by atoms with Gasteiger partial charge in [0.2, 0.25) is 0 Å². The predicted octanol–water partition coefficient (Wildman–Crippen LogP) is 3.42. The van der Waals surface area contributed by atoms with Crippen LogP contribution in [0, 0.1) is 17.2 Å². The summed E-state index contributed by atoms with van der Waals surface area (Å²) in [4.78, 5) is 0. The van der Waals surface area contributed by atoms with Crippen molar-refractivity contribution in [2.75, 3.05) is 25.1 Å². The molecule has 0 radical (unpaired) electrons. The fourth-order valence-electron chi connectivity index (χ4n) is 2.21. The lowest BCUT2D eigenvalue weighted by Gasteiger charge is -2.22. The van der Waals surface area contributed by atoms with Crippen molar-refractivity contribution in [3.05, 3.63) is 29.3 Å². The summed E-state index contributed by atoms with van der Waals surface area (Å²) in [6.07, 6.45) is -2.61. The molecule has 1 aliphatic rings. The van der Waals surface area contributed by atoms with Crippen molar-refractivity contribution in [3.63, 3.8) is 0 Å². The van der Waals surface area contributed by atoms with E-state index < -0.39 is 11.7 Å². The fraction of sp³-hybridized carbons (Fsp3) is 0.500. The van der Waals surface area contributed by atoms with Gasteiger partial charge in [0.15, 0.2) is 0 Å². The molecule has 2 rings (SSSR count). The van der Waals surface area contributed by atoms with Crippen molar-refractivity contribution < 1.29 is 17.9 Å². The van der Waals surface area contributed by atoms with E-state index in [2.05, 4.69) is 5.32 Å². The molecule has 20 heavy (non-hydrogen) atoms. The van der Waals surface area contributed by atoms with Gasteiger partial charge in [-0.15, -0.1) is 0 Å². The summed E-state index contributed by atoms with van der Waals surface area (Å²) in [6, 6.07) is 5.17. The topological polar surface area (TPSA) is 45.0 Å². The predicted molar refractivity (Wildman–Crippen MR) is 68.2 cm³/mol. The molecule has 0 aliphatic carbocycles. The quantitative estimate of drug-likeness (QED) is 0.925. The van der Waals surface area contributed by atoms with Gasteiger partial charge in [0.05, 0.1) is 17.2 Å². The van der Waals surface area contributed by atoms with E-state index in [0.29, 0.717) is 18.2 Å². The Balaban J connectivity index is 2.04. The van der Waals surface area contributed by atoms with Crippen LogP contribution in [-0.4, -0.2) is 19.8 Å². The van der Waals surface area contributed by atoms with Gasteiger partial charge < -0.3 is 10.1 Å². The zero-order valence-electron chi connectivity index (χ0n) is 10.8. The standard InChI is InChI=1S/C14H15F3N2O/c15-14(16,17)13-2-1-12(7-11(13)8-18)19-9-10-3-5-20-6-4-10/h1-2,7,10,19H,3-6,9H2. The minimum atomic E-state index is -4.50. The number of hydrogen-bond acceptors (Lipinski definition) is 3. The van der Waals surface area contributed by atoms with Crippen molar-refractivity contribution in [1.82, 2.24) is 0 Å². The van der Waals surface area contributed by atoms with E-state index in [0.717, 1.165) is 32.1 Å². The molecule has 0 amide bonds. The average Bonchev–Trinajstić information content (AvgIpc) is 2.45. The van der Waals surface area contributed by atoms with Gasteiger partial charge in [-0.1, -0.05) is 0 Å². The Morgan fingerprint density at radius 2 is 2.00 bits per heavy atom. The van der Waals surface area contributed by atoms with Crippen molar-refractivity contribution in [2.24, 2.45) is 5.92 Å². The molecule has 0 spiro atoms. The van der Waals surface area contributed by atoms with E-state index >= 15 is 0 Å². The van der Waals surface area contributed by atoms with Crippen LogP contribution < -0.4 is 5.32 Å². The molecule has 0 unspecified atom stereocenters. The smallest absolute Gasteiger partial charge is 0.385 e. The molecule has 0 bridgehead atoms. The molecule has 3 nitrogen and oxygen atoms in total. The highest BCUT2D eigenvalue weighted by atomic mass is 19.4. The Morgan fingerprint density at radius 3 is 2.60 bits per heavy atom. The van der Waals surface area contributed by atoms with E-state index in [9.17, 15) is 13.2 Å². The third-order valence-electron chi connectivity index (χ3n) is 3.38. The lowest BCUT2D eigenvalue weighted by Crippen LogP contribution is -2.22. The van der Waals surface area contributed by atoms with Gasteiger partial charge in [0, 0.05) is 25.4 Å². The van der Waals surface area contributed by atoms with E-state index in [1.807, 2.05) is 0 Å². The van der Waals surface area contributed by atoms with Crippen LogP contribution in [0.15, 0.2) is 18.2 Å². The maximum atomic E-state index is 12.7. The number of ether oxygens (including phenoxy) is 1. The minimum absolute atomic E-state index is 0.352. The summed E-state index contributed by atoms with van der Waals surface area (Å²) in [7, 11) is 0. The highest BCUT2D eigenvalue weighted by Crippen LogP contribution is 2.33. The van der Waals surface area contributed by atoms with E-state index in [1.54, 1.807) is 6.07 Å². The van der Waals surface area contributed by atoms with E-state index in [-0.39, 0.29) is 5.56 Å². The van der Waals surface area contributed by atoms with Crippen molar-refractivity contribution in [2.45, 2.75) is 19.0 Å². The van der Waals surface area contributed by atoms with Gasteiger partial charge in [0.1, 0.15) is 0 Å². The highest BCUT2D eigenvalue weighted by Gasteiger charge is 2.33. The first-order valence-electron chi connectivity index (χ1n) is 6.43. The number of nitriles is 1. The Kier molecular flexibility index (Phi) is 4.50. The number of anilines is 1. The second-order valence-corrected chi connectivity index (χ2v) is 4.81. The Labute approximate surface area is 115 Å². The van der Waals surface area contributed by atoms with E-state index in [1.165, 1.54) is 12.1 Å². The first kappa shape index (κ1) is 14.7. The van der Waals surface area contributed by atoms with Crippen LogP contribution in [0.4, 0.5) is 18.9 Å². The molecule has 1 saturated heterocycles. The van der Waals surface area contributed by atoms with Gasteiger partial charge in [0.25, 0.3) is 0 Å². The minimum Gasteiger partial charge on any atom is -0.385 e. The highest BCUT2D eigenvalue weighted by molar-refractivity contribution is 5.53. The monoisotopic (exact) mass is 284 g/mol. The fourth-order valence-corrected chi connectivity index (χ4v) is 2.21. The summed E-state index contributed by atoms with van der Waals surface area (Å²) >= 11 is 0. The van der Waals surface area contributed by atoms with Crippen LogP contribution in [0.5, 0.6) is 0 Å². The molecular weight excluding hydrogens is 269 g/mol. The lowest BCUT2D eigenvalue weighted by molar-refractivity contribution is -0.137. The molecule has 0 aromatic heterocycles. The van der Waals surface area contributed by atoms with Gasteiger partial charge in [-0.2, -0.15) is 18.4 Å². The number of alkyl halides is 3. The first-order chi connectivity index (χ1) is 9.50. The molecule has 1 N–H and O–H groups in total. The second-order valence-electron chi connectivity index (χ2n) is 4.81. The summed E-state index contributed by atoms with van der Waals surface area (Å²) in [5.74, 6) is 0.455. The molecular formula is C14H15F3N2O. The summed E-state index contributed by atoms with van der Waals surface area (Å²) in [6.45, 7) is 2.13. The van der Waals surface area contributed by atoms with Crippen LogP contribution in [0.2, 0.25) is 0 Å². The molecule has 0 atom stereocenters. The molecule has 1 fully saturated rings. The summed E-state index contributed by atoms with van der Waals surface area (Å²) in [5.41, 5.74) is -0.702. The summed E-state index contributed by atoms with van der Waals surface area (Å²) < 4.78 is 43.2. The molecule has 1 aromatic rings. The maximum Gasteiger partial charge on any atom is 0.417 e. The SMILES string of the molecule is N#Cc1cc(NCC2CCOCC2)ccc1C(F)(F)F. The largest absolute Gasteiger partial charge is 0.417 e. The van der Waals surface area contributed by atoms with Gasteiger partial charge in [-0.05, 0) is 37.0 Å². The Morgan fingerprint density at radius 1 is 1.30 bits per heavy atom. The number of nitrogens with zero attached hydrogens (tertiary/aromatic N) is 1. The molecule has 1 heterocycles. The molecule has 6 heteroatoms. The molecule has 108 valence electrons. The van der Waals surface area contributed by atoms with Gasteiger partial charge in [-0.3, -0.25) is 0 Å². The van der Waals surface area contributed by atoms with Crippen LogP contribution >= 0.6 is 0 Å². The Hall–Kier alpha value is -1.74. The number of benzene rings is 1. The molecule has 1 aromatic carbocycles. The number of rotatable bonds is 3. The molecule has 0 saturated carbocycles. The van der Waals surface area contributed by atoms with Crippen molar-refractivity contribution in [1.29, 1.82) is 5.26 Å². The molecule has 1 aliphatic heterocycles. The third-order valence-corrected chi connectivity index (χ3v) is 3.38. The number of halogens is 3. The van der Waals surface area contributed by atoms with Crippen LogP contribution in [0.25, 0.3) is 0 Å². The van der Waals surface area contributed by atoms with Gasteiger partial charge >= 0.3 is 6.18 Å². The Bertz CT molecular complexity index is 502. The zero-order chi connectivity index (χ0) is 14.6. The normalized spacial score (nSPS) is 16.7. The zero-order valence-corrected chi connectivity index (χ0v) is 10.8. The summed E-state index contributed by atoms with van der Waals surface area (Å²) in [5, 5.41) is 11.9. The third kappa shape index (κ3) is 3.64. The van der Waals surface area contributed by atoms with E-state index in [4.69, 9.17) is 10.00 Å². The van der Waals surface area contributed by atoms with Crippen LogP contribution in [0.1, 0.15) is 24.0 Å². The first-order valence-corrected chi connectivity index (χ1v) is 6.43. The van der Waals surface area contributed by atoms with Gasteiger partial charge in [-0.25, -0.2) is 0 Å². The second kappa shape index (κ2) is 6.14. The lowest BCUT2D eigenvalue weighted by atomic mass is 10.00. The van der Waals surface area contributed by atoms with Crippen LogP contribution in [-0.2, 0) is 10.9 Å². The number of hydrogen-bond donors (Lipinski definition) is 1. The van der Waals surface area contributed by atoms with Crippen LogP contribution in [0.3, 0.4) is 0 Å².